The molecule has 0 spiro atoms. The lowest BCUT2D eigenvalue weighted by Gasteiger charge is -2.11. The van der Waals surface area contributed by atoms with Gasteiger partial charge in [-0.25, -0.2) is 9.67 Å². The van der Waals surface area contributed by atoms with E-state index in [9.17, 15) is 4.79 Å². The summed E-state index contributed by atoms with van der Waals surface area (Å²) in [5.41, 5.74) is 2.86. The highest BCUT2D eigenvalue weighted by atomic mass is 16.5. The Morgan fingerprint density at radius 1 is 1.33 bits per heavy atom. The van der Waals surface area contributed by atoms with Gasteiger partial charge in [0, 0.05) is 31.9 Å². The van der Waals surface area contributed by atoms with Gasteiger partial charge < -0.3 is 14.5 Å². The number of carbonyl (C=O) groups is 1. The van der Waals surface area contributed by atoms with Crippen LogP contribution in [0.5, 0.6) is 0 Å². The first-order valence-electron chi connectivity index (χ1n) is 9.15. The number of hydrogen-bond donors (Lipinski definition) is 1. The fourth-order valence-corrected chi connectivity index (χ4v) is 3.12. The number of hydrogen-bond acceptors (Lipinski definition) is 5. The highest BCUT2D eigenvalue weighted by Crippen LogP contribution is 2.30. The fourth-order valence-electron chi connectivity index (χ4n) is 3.12. The van der Waals surface area contributed by atoms with E-state index in [4.69, 9.17) is 14.1 Å². The number of pyridine rings is 1. The van der Waals surface area contributed by atoms with E-state index in [2.05, 4.69) is 10.4 Å². The topological polar surface area (TPSA) is 82.2 Å². The Balaban J connectivity index is 2.08. The first-order chi connectivity index (χ1) is 12.9. The van der Waals surface area contributed by atoms with E-state index >= 15 is 0 Å². The van der Waals surface area contributed by atoms with Crippen LogP contribution in [0.3, 0.4) is 0 Å². The molecule has 0 unspecified atom stereocenters. The van der Waals surface area contributed by atoms with Crippen molar-refractivity contribution in [3.05, 3.63) is 35.4 Å². The number of furan rings is 1. The van der Waals surface area contributed by atoms with E-state index in [0.717, 1.165) is 28.9 Å². The summed E-state index contributed by atoms with van der Waals surface area (Å²) in [6.45, 7) is 9.04. The first kappa shape index (κ1) is 19.1. The molecule has 1 N–H and O–H groups in total. The summed E-state index contributed by atoms with van der Waals surface area (Å²) < 4.78 is 12.5. The molecule has 0 radical (unpaired) electrons. The van der Waals surface area contributed by atoms with Gasteiger partial charge in [-0.1, -0.05) is 0 Å². The van der Waals surface area contributed by atoms with E-state index in [0.29, 0.717) is 30.1 Å². The number of rotatable bonds is 7. The molecule has 3 aromatic heterocycles. The SMILES string of the molecule is COCCCNC(=O)c1cc(-c2cc(C)oc2C)nc2c1cnn2C(C)C. The van der Waals surface area contributed by atoms with Gasteiger partial charge in [0.05, 0.1) is 22.8 Å². The van der Waals surface area contributed by atoms with Crippen LogP contribution in [-0.2, 0) is 4.74 Å². The molecule has 1 amide bonds. The van der Waals surface area contributed by atoms with Crippen LogP contribution in [0.15, 0.2) is 22.7 Å². The summed E-state index contributed by atoms with van der Waals surface area (Å²) in [6, 6.07) is 3.90. The average Bonchev–Trinajstić information content (AvgIpc) is 3.20. The minimum Gasteiger partial charge on any atom is -0.466 e. The van der Waals surface area contributed by atoms with Gasteiger partial charge in [-0.05, 0) is 46.2 Å². The zero-order valence-electron chi connectivity index (χ0n) is 16.5. The van der Waals surface area contributed by atoms with Crippen LogP contribution in [0, 0.1) is 13.8 Å². The predicted octanol–water partition coefficient (Wildman–Crippen LogP) is 3.66. The van der Waals surface area contributed by atoms with Gasteiger partial charge in [-0.15, -0.1) is 0 Å². The number of nitrogens with zero attached hydrogens (tertiary/aromatic N) is 3. The van der Waals surface area contributed by atoms with Crippen LogP contribution in [0.1, 0.15) is 48.2 Å². The molecule has 7 heteroatoms. The van der Waals surface area contributed by atoms with Crippen molar-refractivity contribution in [1.29, 1.82) is 0 Å². The Hall–Kier alpha value is -2.67. The van der Waals surface area contributed by atoms with Crippen molar-refractivity contribution >= 4 is 16.9 Å². The van der Waals surface area contributed by atoms with Gasteiger partial charge in [0.15, 0.2) is 5.65 Å². The van der Waals surface area contributed by atoms with Crippen molar-refractivity contribution in [2.45, 2.75) is 40.2 Å². The van der Waals surface area contributed by atoms with Gasteiger partial charge in [0.1, 0.15) is 11.5 Å². The minimum atomic E-state index is -0.138. The second kappa shape index (κ2) is 7.92. The maximum absolute atomic E-state index is 12.8. The molecule has 3 heterocycles. The molecule has 0 saturated carbocycles. The van der Waals surface area contributed by atoms with Crippen molar-refractivity contribution in [2.75, 3.05) is 20.3 Å². The molecule has 27 heavy (non-hydrogen) atoms. The van der Waals surface area contributed by atoms with E-state index in [1.165, 1.54) is 0 Å². The summed E-state index contributed by atoms with van der Waals surface area (Å²) in [5.74, 6) is 1.45. The van der Waals surface area contributed by atoms with Crippen molar-refractivity contribution in [3.8, 4) is 11.3 Å². The minimum absolute atomic E-state index is 0.134. The summed E-state index contributed by atoms with van der Waals surface area (Å²) in [6.07, 6.45) is 2.47. The highest BCUT2D eigenvalue weighted by Gasteiger charge is 2.20. The van der Waals surface area contributed by atoms with Gasteiger partial charge in [0.2, 0.25) is 0 Å². The third-order valence-corrected chi connectivity index (χ3v) is 4.43. The van der Waals surface area contributed by atoms with Gasteiger partial charge >= 0.3 is 0 Å². The maximum atomic E-state index is 12.8. The quantitative estimate of drug-likeness (QED) is 0.642. The molecule has 0 fully saturated rings. The van der Waals surface area contributed by atoms with Crippen LogP contribution >= 0.6 is 0 Å². The number of ether oxygens (including phenoxy) is 1. The Morgan fingerprint density at radius 3 is 2.74 bits per heavy atom. The predicted molar refractivity (Wildman–Crippen MR) is 104 cm³/mol. The molecule has 0 aromatic carbocycles. The fraction of sp³-hybridized carbons (Fsp3) is 0.450. The smallest absolute Gasteiger partial charge is 0.252 e. The number of nitrogens with one attached hydrogen (secondary N) is 1. The van der Waals surface area contributed by atoms with E-state index < -0.39 is 0 Å². The average molecular weight is 370 g/mol. The van der Waals surface area contributed by atoms with E-state index in [-0.39, 0.29) is 11.9 Å². The number of fused-ring (bicyclic) bond motifs is 1. The normalized spacial score (nSPS) is 11.5. The van der Waals surface area contributed by atoms with Crippen molar-refractivity contribution in [1.82, 2.24) is 20.1 Å². The Labute approximate surface area is 158 Å². The van der Waals surface area contributed by atoms with Crippen LogP contribution < -0.4 is 5.32 Å². The highest BCUT2D eigenvalue weighted by molar-refractivity contribution is 6.06. The summed E-state index contributed by atoms with van der Waals surface area (Å²) in [4.78, 5) is 17.6. The molecule has 144 valence electrons. The summed E-state index contributed by atoms with van der Waals surface area (Å²) in [7, 11) is 1.65. The second-order valence-corrected chi connectivity index (χ2v) is 6.90. The zero-order chi connectivity index (χ0) is 19.6. The number of aryl methyl sites for hydroxylation is 2. The number of amides is 1. The molecule has 0 saturated heterocycles. The second-order valence-electron chi connectivity index (χ2n) is 6.90. The lowest BCUT2D eigenvalue weighted by Crippen LogP contribution is -2.25. The number of methoxy groups -OCH3 is 1. The monoisotopic (exact) mass is 370 g/mol. The molecule has 0 aliphatic rings. The van der Waals surface area contributed by atoms with E-state index in [1.807, 2.05) is 44.5 Å². The third kappa shape index (κ3) is 3.88. The lowest BCUT2D eigenvalue weighted by molar-refractivity contribution is 0.0950. The van der Waals surface area contributed by atoms with Crippen molar-refractivity contribution in [3.63, 3.8) is 0 Å². The Kier molecular flexibility index (Phi) is 5.60. The van der Waals surface area contributed by atoms with Crippen LogP contribution in [0.4, 0.5) is 0 Å². The maximum Gasteiger partial charge on any atom is 0.252 e. The van der Waals surface area contributed by atoms with Crippen LogP contribution in [-0.4, -0.2) is 40.9 Å². The van der Waals surface area contributed by atoms with Gasteiger partial charge in [-0.3, -0.25) is 4.79 Å². The summed E-state index contributed by atoms with van der Waals surface area (Å²) in [5, 5.41) is 8.14. The summed E-state index contributed by atoms with van der Waals surface area (Å²) >= 11 is 0. The molecule has 0 atom stereocenters. The molecule has 0 aliphatic heterocycles. The third-order valence-electron chi connectivity index (χ3n) is 4.43. The number of aromatic nitrogens is 3. The Morgan fingerprint density at radius 2 is 2.11 bits per heavy atom. The molecule has 3 rings (SSSR count). The largest absolute Gasteiger partial charge is 0.466 e. The van der Waals surface area contributed by atoms with Crippen molar-refractivity contribution < 1.29 is 13.9 Å². The molecular weight excluding hydrogens is 344 g/mol. The lowest BCUT2D eigenvalue weighted by atomic mass is 10.1. The van der Waals surface area contributed by atoms with E-state index in [1.54, 1.807) is 13.3 Å². The van der Waals surface area contributed by atoms with Crippen LogP contribution in [0.2, 0.25) is 0 Å². The van der Waals surface area contributed by atoms with Crippen molar-refractivity contribution in [2.24, 2.45) is 0 Å². The van der Waals surface area contributed by atoms with Crippen LogP contribution in [0.25, 0.3) is 22.3 Å². The molecule has 7 nitrogen and oxygen atoms in total. The van der Waals surface area contributed by atoms with Gasteiger partial charge in [-0.2, -0.15) is 5.10 Å². The molecule has 0 aliphatic carbocycles. The van der Waals surface area contributed by atoms with Gasteiger partial charge in [0.25, 0.3) is 5.91 Å². The first-order valence-corrected chi connectivity index (χ1v) is 9.15. The standard InChI is InChI=1S/C20H26N4O3/c1-12(2)24-19-17(11-22-24)16(20(25)21-7-6-8-26-5)10-18(23-19)15-9-13(3)27-14(15)4/h9-12H,6-8H2,1-5H3,(H,21,25). The Bertz CT molecular complexity index is 956. The molecule has 3 aromatic rings. The molecule has 0 bridgehead atoms. The molecular formula is C20H26N4O3. The number of carbonyl (C=O) groups excluding carboxylic acids is 1. The zero-order valence-corrected chi connectivity index (χ0v) is 16.5.